The van der Waals surface area contributed by atoms with Gasteiger partial charge in [-0.05, 0) is 45.3 Å². The molecule has 18 heavy (non-hydrogen) atoms. The fourth-order valence-corrected chi connectivity index (χ4v) is 2.61. The highest BCUT2D eigenvalue weighted by atomic mass is 15.3. The van der Waals surface area contributed by atoms with Gasteiger partial charge >= 0.3 is 0 Å². The first kappa shape index (κ1) is 13.6. The number of nitrogens with zero attached hydrogens (tertiary/aromatic N) is 3. The van der Waals surface area contributed by atoms with Crippen LogP contribution in [0.3, 0.4) is 0 Å². The molecule has 0 spiro atoms. The Balaban J connectivity index is 1.77. The molecule has 0 radical (unpaired) electrons. The summed E-state index contributed by atoms with van der Waals surface area (Å²) >= 11 is 0. The van der Waals surface area contributed by atoms with Crippen LogP contribution in [0.25, 0.3) is 0 Å². The average Bonchev–Trinajstić information content (AvgIpc) is 2.96. The second kappa shape index (κ2) is 6.34. The summed E-state index contributed by atoms with van der Waals surface area (Å²) in [4.78, 5) is 2.55. The van der Waals surface area contributed by atoms with Gasteiger partial charge in [0.25, 0.3) is 0 Å². The third-order valence-electron chi connectivity index (χ3n) is 3.75. The van der Waals surface area contributed by atoms with Gasteiger partial charge in [0.2, 0.25) is 0 Å². The number of likely N-dealkylation sites (tertiary alicyclic amines) is 1. The molecule has 4 nitrogen and oxygen atoms in total. The van der Waals surface area contributed by atoms with Gasteiger partial charge in [0.05, 0.1) is 11.4 Å². The molecule has 102 valence electrons. The standard InChI is InChI=1S/C14H26N4/c1-4-13-9-14(17(3)16-13)10-15-12(2)11-18-7-5-6-8-18/h9,12,15H,4-8,10-11H2,1-3H3. The molecule has 0 bridgehead atoms. The van der Waals surface area contributed by atoms with E-state index >= 15 is 0 Å². The minimum absolute atomic E-state index is 0.545. The van der Waals surface area contributed by atoms with Crippen molar-refractivity contribution in [2.24, 2.45) is 7.05 Å². The Morgan fingerprint density at radius 3 is 2.72 bits per heavy atom. The molecule has 1 unspecified atom stereocenters. The highest BCUT2D eigenvalue weighted by Gasteiger charge is 2.14. The molecule has 1 atom stereocenters. The Morgan fingerprint density at radius 1 is 1.39 bits per heavy atom. The van der Waals surface area contributed by atoms with Crippen LogP contribution in [-0.4, -0.2) is 40.4 Å². The van der Waals surface area contributed by atoms with Crippen molar-refractivity contribution in [1.29, 1.82) is 0 Å². The predicted octanol–water partition coefficient (Wildman–Crippen LogP) is 1.56. The van der Waals surface area contributed by atoms with Crippen LogP contribution < -0.4 is 5.32 Å². The van der Waals surface area contributed by atoms with Crippen molar-refractivity contribution >= 4 is 0 Å². The van der Waals surface area contributed by atoms with Crippen LogP contribution in [0.2, 0.25) is 0 Å². The van der Waals surface area contributed by atoms with Gasteiger partial charge in [0.1, 0.15) is 0 Å². The topological polar surface area (TPSA) is 33.1 Å². The normalized spacial score (nSPS) is 18.4. The lowest BCUT2D eigenvalue weighted by Crippen LogP contribution is -2.37. The summed E-state index contributed by atoms with van der Waals surface area (Å²) in [5, 5.41) is 8.08. The van der Waals surface area contributed by atoms with E-state index in [0.717, 1.165) is 13.0 Å². The van der Waals surface area contributed by atoms with E-state index in [2.05, 4.69) is 35.2 Å². The highest BCUT2D eigenvalue weighted by molar-refractivity contribution is 5.10. The van der Waals surface area contributed by atoms with Crippen LogP contribution in [-0.2, 0) is 20.0 Å². The fourth-order valence-electron chi connectivity index (χ4n) is 2.61. The Bertz CT molecular complexity index is 366. The van der Waals surface area contributed by atoms with Crippen molar-refractivity contribution in [2.75, 3.05) is 19.6 Å². The van der Waals surface area contributed by atoms with Gasteiger partial charge in [-0.3, -0.25) is 4.68 Å². The third-order valence-corrected chi connectivity index (χ3v) is 3.75. The van der Waals surface area contributed by atoms with Gasteiger partial charge < -0.3 is 10.2 Å². The molecular formula is C14H26N4. The van der Waals surface area contributed by atoms with Crippen molar-refractivity contribution in [3.8, 4) is 0 Å². The third kappa shape index (κ3) is 3.56. The summed E-state index contributed by atoms with van der Waals surface area (Å²) in [6.45, 7) is 9.05. The second-order valence-electron chi connectivity index (χ2n) is 5.39. The van der Waals surface area contributed by atoms with E-state index in [0.29, 0.717) is 6.04 Å². The first-order valence-corrected chi connectivity index (χ1v) is 7.16. The van der Waals surface area contributed by atoms with Crippen molar-refractivity contribution in [3.05, 3.63) is 17.5 Å². The number of nitrogens with one attached hydrogen (secondary N) is 1. The van der Waals surface area contributed by atoms with Gasteiger partial charge in [-0.15, -0.1) is 0 Å². The van der Waals surface area contributed by atoms with Gasteiger partial charge in [0.15, 0.2) is 0 Å². The molecule has 1 aromatic rings. The van der Waals surface area contributed by atoms with Crippen LogP contribution in [0.1, 0.15) is 38.1 Å². The summed E-state index contributed by atoms with van der Waals surface area (Å²) in [6.07, 6.45) is 3.75. The van der Waals surface area contributed by atoms with Crippen LogP contribution in [0.15, 0.2) is 6.07 Å². The predicted molar refractivity (Wildman–Crippen MR) is 74.6 cm³/mol. The second-order valence-corrected chi connectivity index (χ2v) is 5.39. The summed E-state index contributed by atoms with van der Waals surface area (Å²) in [7, 11) is 2.03. The first-order chi connectivity index (χ1) is 8.69. The Hall–Kier alpha value is -0.870. The van der Waals surface area contributed by atoms with E-state index in [4.69, 9.17) is 0 Å². The van der Waals surface area contributed by atoms with Gasteiger partial charge in [-0.2, -0.15) is 5.10 Å². The summed E-state index contributed by atoms with van der Waals surface area (Å²) in [5.41, 5.74) is 2.46. The molecule has 0 aromatic carbocycles. The van der Waals surface area contributed by atoms with Gasteiger partial charge in [-0.25, -0.2) is 0 Å². The Morgan fingerprint density at radius 2 is 2.11 bits per heavy atom. The van der Waals surface area contributed by atoms with Crippen LogP contribution >= 0.6 is 0 Å². The molecule has 0 aliphatic carbocycles. The first-order valence-electron chi connectivity index (χ1n) is 7.16. The SMILES string of the molecule is CCc1cc(CNC(C)CN2CCCC2)n(C)n1. The molecule has 1 N–H and O–H groups in total. The largest absolute Gasteiger partial charge is 0.307 e. The van der Waals surface area contributed by atoms with Crippen molar-refractivity contribution < 1.29 is 0 Å². The lowest BCUT2D eigenvalue weighted by molar-refractivity contribution is 0.297. The van der Waals surface area contributed by atoms with E-state index in [1.54, 1.807) is 0 Å². The zero-order valence-electron chi connectivity index (χ0n) is 11.9. The summed E-state index contributed by atoms with van der Waals surface area (Å²) in [5.74, 6) is 0. The van der Waals surface area contributed by atoms with Crippen LogP contribution in [0.4, 0.5) is 0 Å². The molecule has 1 aliphatic rings. The minimum atomic E-state index is 0.545. The maximum absolute atomic E-state index is 4.48. The number of aryl methyl sites for hydroxylation is 2. The van der Waals surface area contributed by atoms with Gasteiger partial charge in [0, 0.05) is 26.2 Å². The molecule has 0 amide bonds. The molecular weight excluding hydrogens is 224 g/mol. The number of hydrogen-bond donors (Lipinski definition) is 1. The quantitative estimate of drug-likeness (QED) is 0.831. The van der Waals surface area contributed by atoms with Crippen molar-refractivity contribution in [1.82, 2.24) is 20.0 Å². The average molecular weight is 250 g/mol. The molecule has 1 aromatic heterocycles. The summed E-state index contributed by atoms with van der Waals surface area (Å²) < 4.78 is 1.99. The van der Waals surface area contributed by atoms with Crippen molar-refractivity contribution in [2.45, 2.75) is 45.7 Å². The molecule has 0 saturated carbocycles. The zero-order valence-corrected chi connectivity index (χ0v) is 11.9. The zero-order chi connectivity index (χ0) is 13.0. The lowest BCUT2D eigenvalue weighted by Gasteiger charge is -2.21. The van der Waals surface area contributed by atoms with E-state index in [9.17, 15) is 0 Å². The summed E-state index contributed by atoms with van der Waals surface area (Å²) in [6, 6.07) is 2.75. The molecule has 2 rings (SSSR count). The number of rotatable bonds is 6. The highest BCUT2D eigenvalue weighted by Crippen LogP contribution is 2.08. The van der Waals surface area contributed by atoms with Crippen LogP contribution in [0, 0.1) is 0 Å². The Kier molecular flexibility index (Phi) is 4.78. The van der Waals surface area contributed by atoms with Crippen molar-refractivity contribution in [3.63, 3.8) is 0 Å². The smallest absolute Gasteiger partial charge is 0.0625 e. The number of aromatic nitrogens is 2. The molecule has 1 aliphatic heterocycles. The van der Waals surface area contributed by atoms with Crippen LogP contribution in [0.5, 0.6) is 0 Å². The monoisotopic (exact) mass is 250 g/mol. The minimum Gasteiger partial charge on any atom is -0.307 e. The molecule has 1 fully saturated rings. The van der Waals surface area contributed by atoms with E-state index in [1.807, 2.05) is 11.7 Å². The van der Waals surface area contributed by atoms with E-state index < -0.39 is 0 Å². The Labute approximate surface area is 110 Å². The lowest BCUT2D eigenvalue weighted by atomic mass is 10.2. The van der Waals surface area contributed by atoms with E-state index in [1.165, 1.54) is 43.9 Å². The maximum atomic E-state index is 4.48. The molecule has 1 saturated heterocycles. The molecule has 4 heteroatoms. The number of hydrogen-bond acceptors (Lipinski definition) is 3. The fraction of sp³-hybridized carbons (Fsp3) is 0.786. The van der Waals surface area contributed by atoms with E-state index in [-0.39, 0.29) is 0 Å². The molecule has 2 heterocycles. The van der Waals surface area contributed by atoms with Gasteiger partial charge in [-0.1, -0.05) is 6.92 Å². The maximum Gasteiger partial charge on any atom is 0.0625 e.